The van der Waals surface area contributed by atoms with Crippen molar-refractivity contribution >= 4 is 0 Å². The summed E-state index contributed by atoms with van der Waals surface area (Å²) in [7, 11) is 0. The van der Waals surface area contributed by atoms with Gasteiger partial charge in [0.05, 0.1) is 11.6 Å². The Kier molecular flexibility index (Phi) is 4.37. The van der Waals surface area contributed by atoms with Crippen molar-refractivity contribution in [1.82, 2.24) is 9.47 Å². The molecule has 0 N–H and O–H groups in total. The van der Waals surface area contributed by atoms with E-state index < -0.39 is 0 Å². The van der Waals surface area contributed by atoms with Crippen LogP contribution in [-0.2, 0) is 6.54 Å². The molecule has 3 rings (SSSR count). The van der Waals surface area contributed by atoms with E-state index in [9.17, 15) is 0 Å². The Balaban J connectivity index is 1.78. The normalized spacial score (nSPS) is 16.3. The van der Waals surface area contributed by atoms with Gasteiger partial charge in [0, 0.05) is 24.1 Å². The lowest BCUT2D eigenvalue weighted by atomic mass is 10.2. The van der Waals surface area contributed by atoms with E-state index in [1.165, 1.54) is 44.5 Å². The topological polar surface area (TPSA) is 32.0 Å². The van der Waals surface area contributed by atoms with Gasteiger partial charge >= 0.3 is 0 Å². The molecule has 1 fully saturated rings. The second-order valence-electron chi connectivity index (χ2n) is 5.72. The molecule has 1 aromatic carbocycles. The van der Waals surface area contributed by atoms with Gasteiger partial charge in [0.2, 0.25) is 0 Å². The Morgan fingerprint density at radius 1 is 0.952 bits per heavy atom. The predicted octanol–water partition coefficient (Wildman–Crippen LogP) is 3.72. The van der Waals surface area contributed by atoms with Crippen molar-refractivity contribution < 1.29 is 0 Å². The number of likely N-dealkylation sites (tertiary alicyclic amines) is 1. The van der Waals surface area contributed by atoms with Gasteiger partial charge in [-0.3, -0.25) is 4.90 Å². The van der Waals surface area contributed by atoms with Crippen molar-refractivity contribution in [1.29, 1.82) is 5.26 Å². The molecule has 0 saturated carbocycles. The summed E-state index contributed by atoms with van der Waals surface area (Å²) in [5, 5.41) is 8.89. The van der Waals surface area contributed by atoms with Gasteiger partial charge in [0.1, 0.15) is 0 Å². The first-order chi connectivity index (χ1) is 10.4. The van der Waals surface area contributed by atoms with Crippen LogP contribution in [0.2, 0.25) is 0 Å². The van der Waals surface area contributed by atoms with Crippen LogP contribution < -0.4 is 0 Å². The zero-order valence-corrected chi connectivity index (χ0v) is 12.3. The van der Waals surface area contributed by atoms with E-state index in [0.29, 0.717) is 5.56 Å². The standard InChI is InChI=1S/C18H21N3/c19-14-16-7-9-17(10-8-16)21-13-5-6-18(21)15-20-11-3-1-2-4-12-20/h5-10,13H,1-4,11-12,15H2. The molecule has 1 aliphatic heterocycles. The van der Waals surface area contributed by atoms with E-state index in [0.717, 1.165) is 12.2 Å². The fourth-order valence-corrected chi connectivity index (χ4v) is 3.02. The van der Waals surface area contributed by atoms with Crippen molar-refractivity contribution in [2.24, 2.45) is 0 Å². The molecule has 0 bridgehead atoms. The van der Waals surface area contributed by atoms with E-state index in [-0.39, 0.29) is 0 Å². The number of hydrogen-bond donors (Lipinski definition) is 0. The summed E-state index contributed by atoms with van der Waals surface area (Å²) in [5.41, 5.74) is 3.16. The van der Waals surface area contributed by atoms with Gasteiger partial charge in [-0.1, -0.05) is 12.8 Å². The summed E-state index contributed by atoms with van der Waals surface area (Å²) in [6.45, 7) is 3.42. The van der Waals surface area contributed by atoms with Crippen LogP contribution in [0.1, 0.15) is 36.9 Å². The molecule has 0 amide bonds. The minimum atomic E-state index is 0.708. The minimum absolute atomic E-state index is 0.708. The highest BCUT2D eigenvalue weighted by Crippen LogP contribution is 2.17. The average molecular weight is 279 g/mol. The van der Waals surface area contributed by atoms with Crippen LogP contribution in [0.3, 0.4) is 0 Å². The molecule has 0 radical (unpaired) electrons. The van der Waals surface area contributed by atoms with Gasteiger partial charge in [-0.05, 0) is 62.3 Å². The second kappa shape index (κ2) is 6.60. The summed E-state index contributed by atoms with van der Waals surface area (Å²) in [6.07, 6.45) is 7.48. The first-order valence-electron chi connectivity index (χ1n) is 7.76. The van der Waals surface area contributed by atoms with Gasteiger partial charge in [-0.2, -0.15) is 5.26 Å². The third kappa shape index (κ3) is 3.34. The maximum atomic E-state index is 8.89. The highest BCUT2D eigenvalue weighted by atomic mass is 15.1. The number of nitrogens with zero attached hydrogens (tertiary/aromatic N) is 3. The van der Waals surface area contributed by atoms with Gasteiger partial charge in [0.25, 0.3) is 0 Å². The smallest absolute Gasteiger partial charge is 0.0991 e. The predicted molar refractivity (Wildman–Crippen MR) is 84.2 cm³/mol. The van der Waals surface area contributed by atoms with Gasteiger partial charge < -0.3 is 4.57 Å². The van der Waals surface area contributed by atoms with Crippen molar-refractivity contribution in [3.63, 3.8) is 0 Å². The highest BCUT2D eigenvalue weighted by Gasteiger charge is 2.12. The molecule has 3 heteroatoms. The molecule has 0 unspecified atom stereocenters. The van der Waals surface area contributed by atoms with E-state index in [1.807, 2.05) is 24.3 Å². The van der Waals surface area contributed by atoms with E-state index in [2.05, 4.69) is 33.9 Å². The Morgan fingerprint density at radius 3 is 2.33 bits per heavy atom. The Labute approximate surface area is 126 Å². The molecule has 2 heterocycles. The lowest BCUT2D eigenvalue weighted by Gasteiger charge is -2.21. The summed E-state index contributed by atoms with van der Waals surface area (Å²) >= 11 is 0. The summed E-state index contributed by atoms with van der Waals surface area (Å²) in [6, 6.07) is 14.3. The van der Waals surface area contributed by atoms with Crippen LogP contribution in [0.15, 0.2) is 42.6 Å². The molecule has 108 valence electrons. The molecule has 0 spiro atoms. The van der Waals surface area contributed by atoms with E-state index in [1.54, 1.807) is 0 Å². The summed E-state index contributed by atoms with van der Waals surface area (Å²) in [5.74, 6) is 0. The Morgan fingerprint density at radius 2 is 1.67 bits per heavy atom. The second-order valence-corrected chi connectivity index (χ2v) is 5.72. The van der Waals surface area contributed by atoms with Crippen LogP contribution >= 0.6 is 0 Å². The van der Waals surface area contributed by atoms with Crippen molar-refractivity contribution in [3.8, 4) is 11.8 Å². The zero-order valence-electron chi connectivity index (χ0n) is 12.3. The number of hydrogen-bond acceptors (Lipinski definition) is 2. The monoisotopic (exact) mass is 279 g/mol. The highest BCUT2D eigenvalue weighted by molar-refractivity contribution is 5.41. The van der Waals surface area contributed by atoms with Gasteiger partial charge in [-0.25, -0.2) is 0 Å². The fourth-order valence-electron chi connectivity index (χ4n) is 3.02. The minimum Gasteiger partial charge on any atom is -0.320 e. The number of aromatic nitrogens is 1. The van der Waals surface area contributed by atoms with Crippen molar-refractivity contribution in [2.45, 2.75) is 32.2 Å². The maximum absolute atomic E-state index is 8.89. The van der Waals surface area contributed by atoms with Crippen molar-refractivity contribution in [3.05, 3.63) is 53.9 Å². The van der Waals surface area contributed by atoms with E-state index >= 15 is 0 Å². The quantitative estimate of drug-likeness (QED) is 0.857. The van der Waals surface area contributed by atoms with E-state index in [4.69, 9.17) is 5.26 Å². The molecule has 1 aromatic heterocycles. The lowest BCUT2D eigenvalue weighted by Crippen LogP contribution is -2.25. The molecule has 1 aliphatic rings. The molecular weight excluding hydrogens is 258 g/mol. The van der Waals surface area contributed by atoms with Crippen LogP contribution in [0.5, 0.6) is 0 Å². The molecule has 0 atom stereocenters. The van der Waals surface area contributed by atoms with Crippen LogP contribution in [0, 0.1) is 11.3 Å². The van der Waals surface area contributed by atoms with Crippen molar-refractivity contribution in [2.75, 3.05) is 13.1 Å². The first kappa shape index (κ1) is 13.9. The third-order valence-electron chi connectivity index (χ3n) is 4.19. The third-order valence-corrected chi connectivity index (χ3v) is 4.19. The Bertz CT molecular complexity index is 611. The lowest BCUT2D eigenvalue weighted by molar-refractivity contribution is 0.272. The van der Waals surface area contributed by atoms with Crippen LogP contribution in [-0.4, -0.2) is 22.6 Å². The molecule has 0 aliphatic carbocycles. The maximum Gasteiger partial charge on any atom is 0.0991 e. The number of nitriles is 1. The first-order valence-corrected chi connectivity index (χ1v) is 7.76. The SMILES string of the molecule is N#Cc1ccc(-n2cccc2CN2CCCCCC2)cc1. The largest absolute Gasteiger partial charge is 0.320 e. The van der Waals surface area contributed by atoms with Crippen LogP contribution in [0.25, 0.3) is 5.69 Å². The zero-order chi connectivity index (χ0) is 14.5. The summed E-state index contributed by atoms with van der Waals surface area (Å²) in [4.78, 5) is 2.56. The molecular formula is C18H21N3. The molecule has 21 heavy (non-hydrogen) atoms. The van der Waals surface area contributed by atoms with Gasteiger partial charge in [-0.15, -0.1) is 0 Å². The summed E-state index contributed by atoms with van der Waals surface area (Å²) < 4.78 is 2.23. The van der Waals surface area contributed by atoms with Crippen LogP contribution in [0.4, 0.5) is 0 Å². The molecule has 1 saturated heterocycles. The number of benzene rings is 1. The van der Waals surface area contributed by atoms with Gasteiger partial charge in [0.15, 0.2) is 0 Å². The number of rotatable bonds is 3. The molecule has 2 aromatic rings. The average Bonchev–Trinajstić information content (AvgIpc) is 2.82. The molecule has 3 nitrogen and oxygen atoms in total. The fraction of sp³-hybridized carbons (Fsp3) is 0.389. The Hall–Kier alpha value is -2.05.